The molecule has 3 aromatic rings. The number of tetrazole rings is 1. The van der Waals surface area contributed by atoms with Gasteiger partial charge in [-0.3, -0.25) is 4.79 Å². The van der Waals surface area contributed by atoms with E-state index in [9.17, 15) is 4.79 Å². The van der Waals surface area contributed by atoms with Gasteiger partial charge in [0.2, 0.25) is 5.16 Å². The van der Waals surface area contributed by atoms with Gasteiger partial charge in [-0.05, 0) is 46.2 Å². The predicted molar refractivity (Wildman–Crippen MR) is 102 cm³/mol. The van der Waals surface area contributed by atoms with Crippen molar-refractivity contribution in [3.8, 4) is 5.69 Å². The molecular weight excluding hydrogens is 400 g/mol. The Morgan fingerprint density at radius 2 is 1.80 bits per heavy atom. The molecule has 0 atom stereocenters. The molecule has 128 valence electrons. The average Bonchev–Trinajstić information content (AvgIpc) is 3.09. The highest BCUT2D eigenvalue weighted by molar-refractivity contribution is 9.10. The summed E-state index contributed by atoms with van der Waals surface area (Å²) in [5.74, 6) is 0.800. The van der Waals surface area contributed by atoms with Gasteiger partial charge in [-0.1, -0.05) is 65.8 Å². The average molecular weight is 417 g/mol. The van der Waals surface area contributed by atoms with E-state index in [0.29, 0.717) is 16.6 Å². The number of nitrogens with zero attached hydrogens (tertiary/aromatic N) is 4. The Kier molecular flexibility index (Phi) is 5.65. The Labute approximate surface area is 159 Å². The third kappa shape index (κ3) is 4.35. The first-order chi connectivity index (χ1) is 12.0. The van der Waals surface area contributed by atoms with Gasteiger partial charge in [0.1, 0.15) is 0 Å². The number of aromatic nitrogens is 4. The molecule has 0 fully saturated rings. The summed E-state index contributed by atoms with van der Waals surface area (Å²) in [5, 5.41) is 12.4. The normalized spacial score (nSPS) is 11.0. The number of hydrogen-bond donors (Lipinski definition) is 0. The van der Waals surface area contributed by atoms with Crippen LogP contribution in [-0.2, 0) is 0 Å². The maximum Gasteiger partial charge on any atom is 0.214 e. The van der Waals surface area contributed by atoms with Gasteiger partial charge in [-0.25, -0.2) is 0 Å². The lowest BCUT2D eigenvalue weighted by Gasteiger charge is -2.08. The van der Waals surface area contributed by atoms with Crippen molar-refractivity contribution in [2.45, 2.75) is 24.9 Å². The summed E-state index contributed by atoms with van der Waals surface area (Å²) >= 11 is 4.70. The molecule has 0 bridgehead atoms. The highest BCUT2D eigenvalue weighted by Gasteiger charge is 2.13. The van der Waals surface area contributed by atoms with Crippen LogP contribution in [0.4, 0.5) is 0 Å². The molecule has 0 aliphatic carbocycles. The topological polar surface area (TPSA) is 60.7 Å². The number of rotatable bonds is 6. The molecule has 0 saturated carbocycles. The molecule has 0 radical (unpaired) electrons. The summed E-state index contributed by atoms with van der Waals surface area (Å²) in [7, 11) is 0. The van der Waals surface area contributed by atoms with Crippen LogP contribution in [0.15, 0.2) is 58.2 Å². The fraction of sp³-hybridized carbons (Fsp3) is 0.222. The van der Waals surface area contributed by atoms with E-state index in [1.54, 1.807) is 16.8 Å². The molecule has 5 nitrogen and oxygen atoms in total. The van der Waals surface area contributed by atoms with Gasteiger partial charge in [-0.2, -0.15) is 4.68 Å². The van der Waals surface area contributed by atoms with Gasteiger partial charge in [0.15, 0.2) is 5.78 Å². The SMILES string of the molecule is CC(C)c1ccc(-n2nnnc2SCC(=O)c2ccc(Br)cc2)cc1. The second-order valence-electron chi connectivity index (χ2n) is 5.84. The van der Waals surface area contributed by atoms with E-state index in [1.165, 1.54) is 17.3 Å². The summed E-state index contributed by atoms with van der Waals surface area (Å²) in [6, 6.07) is 15.5. The number of Topliss-reactive ketones (excluding diaryl/α,β-unsaturated/α-hetero) is 1. The fourth-order valence-electron chi connectivity index (χ4n) is 2.28. The first-order valence-corrected chi connectivity index (χ1v) is 9.62. The Morgan fingerprint density at radius 3 is 2.44 bits per heavy atom. The second kappa shape index (κ2) is 7.93. The second-order valence-corrected chi connectivity index (χ2v) is 7.70. The minimum atomic E-state index is 0.0437. The number of ketones is 1. The Morgan fingerprint density at radius 1 is 1.12 bits per heavy atom. The standard InChI is InChI=1S/C18H17BrN4OS/c1-12(2)13-5-9-16(10-6-13)23-18(20-21-22-23)25-11-17(24)14-3-7-15(19)8-4-14/h3-10,12H,11H2,1-2H3. The number of halogens is 1. The van der Waals surface area contributed by atoms with Crippen LogP contribution in [0.1, 0.15) is 35.7 Å². The summed E-state index contributed by atoms with van der Waals surface area (Å²) in [5.41, 5.74) is 2.82. The lowest BCUT2D eigenvalue weighted by Crippen LogP contribution is -2.05. The van der Waals surface area contributed by atoms with Crippen molar-refractivity contribution in [3.63, 3.8) is 0 Å². The molecule has 3 rings (SSSR count). The fourth-order valence-corrected chi connectivity index (χ4v) is 3.33. The zero-order chi connectivity index (χ0) is 17.8. The summed E-state index contributed by atoms with van der Waals surface area (Å²) in [6.07, 6.45) is 0. The van der Waals surface area contributed by atoms with Crippen LogP contribution < -0.4 is 0 Å². The first kappa shape index (κ1) is 17.8. The number of benzene rings is 2. The van der Waals surface area contributed by atoms with Gasteiger partial charge in [0, 0.05) is 10.0 Å². The van der Waals surface area contributed by atoms with Gasteiger partial charge in [-0.15, -0.1) is 5.10 Å². The molecule has 2 aromatic carbocycles. The molecule has 0 N–H and O–H groups in total. The highest BCUT2D eigenvalue weighted by Crippen LogP contribution is 2.22. The van der Waals surface area contributed by atoms with E-state index in [-0.39, 0.29) is 11.5 Å². The maximum absolute atomic E-state index is 12.3. The van der Waals surface area contributed by atoms with E-state index in [4.69, 9.17) is 0 Å². The third-order valence-electron chi connectivity index (χ3n) is 3.74. The molecular formula is C18H17BrN4OS. The van der Waals surface area contributed by atoms with Crippen molar-refractivity contribution in [2.24, 2.45) is 0 Å². The van der Waals surface area contributed by atoms with E-state index in [2.05, 4.69) is 57.4 Å². The van der Waals surface area contributed by atoms with Gasteiger partial charge in [0.05, 0.1) is 11.4 Å². The quantitative estimate of drug-likeness (QED) is 0.436. The predicted octanol–water partition coefficient (Wildman–Crippen LogP) is 4.52. The minimum absolute atomic E-state index is 0.0437. The van der Waals surface area contributed by atoms with Crippen LogP contribution in [-0.4, -0.2) is 31.7 Å². The number of thioether (sulfide) groups is 1. The summed E-state index contributed by atoms with van der Waals surface area (Å²) in [6.45, 7) is 4.31. The first-order valence-electron chi connectivity index (χ1n) is 7.85. The molecule has 25 heavy (non-hydrogen) atoms. The van der Waals surface area contributed by atoms with E-state index in [0.717, 1.165) is 10.2 Å². The number of carbonyl (C=O) groups excluding carboxylic acids is 1. The van der Waals surface area contributed by atoms with Crippen LogP contribution in [0.2, 0.25) is 0 Å². The monoisotopic (exact) mass is 416 g/mol. The minimum Gasteiger partial charge on any atom is -0.293 e. The highest BCUT2D eigenvalue weighted by atomic mass is 79.9. The molecule has 0 spiro atoms. The van der Waals surface area contributed by atoms with Crippen LogP contribution >= 0.6 is 27.7 Å². The largest absolute Gasteiger partial charge is 0.293 e. The molecule has 0 amide bonds. The van der Waals surface area contributed by atoms with Gasteiger partial charge < -0.3 is 0 Å². The summed E-state index contributed by atoms with van der Waals surface area (Å²) < 4.78 is 2.61. The maximum atomic E-state index is 12.3. The number of hydrogen-bond acceptors (Lipinski definition) is 5. The van der Waals surface area contributed by atoms with Crippen molar-refractivity contribution in [2.75, 3.05) is 5.75 Å². The molecule has 1 aromatic heterocycles. The van der Waals surface area contributed by atoms with Crippen molar-refractivity contribution >= 4 is 33.5 Å². The van der Waals surface area contributed by atoms with Gasteiger partial charge in [0.25, 0.3) is 0 Å². The molecule has 0 aliphatic heterocycles. The van der Waals surface area contributed by atoms with E-state index < -0.39 is 0 Å². The van der Waals surface area contributed by atoms with Crippen molar-refractivity contribution in [1.82, 2.24) is 20.2 Å². The van der Waals surface area contributed by atoms with Crippen LogP contribution in [0.5, 0.6) is 0 Å². The smallest absolute Gasteiger partial charge is 0.214 e. The van der Waals surface area contributed by atoms with Gasteiger partial charge >= 0.3 is 0 Å². The molecule has 1 heterocycles. The van der Waals surface area contributed by atoms with Crippen LogP contribution in [0.3, 0.4) is 0 Å². The van der Waals surface area contributed by atoms with E-state index in [1.807, 2.05) is 24.3 Å². The molecule has 0 saturated heterocycles. The molecule has 0 unspecified atom stereocenters. The Hall–Kier alpha value is -1.99. The van der Waals surface area contributed by atoms with E-state index >= 15 is 0 Å². The summed E-state index contributed by atoms with van der Waals surface area (Å²) in [4.78, 5) is 12.3. The zero-order valence-corrected chi connectivity index (χ0v) is 16.3. The van der Waals surface area contributed by atoms with Crippen LogP contribution in [0, 0.1) is 0 Å². The van der Waals surface area contributed by atoms with Crippen LogP contribution in [0.25, 0.3) is 5.69 Å². The lowest BCUT2D eigenvalue weighted by atomic mass is 10.0. The van der Waals surface area contributed by atoms with Crippen molar-refractivity contribution < 1.29 is 4.79 Å². The lowest BCUT2D eigenvalue weighted by molar-refractivity contribution is 0.102. The molecule has 0 aliphatic rings. The Balaban J connectivity index is 1.71. The zero-order valence-electron chi connectivity index (χ0n) is 13.9. The molecule has 7 heteroatoms. The number of carbonyl (C=O) groups is 1. The van der Waals surface area contributed by atoms with Crippen molar-refractivity contribution in [1.29, 1.82) is 0 Å². The Bertz CT molecular complexity index is 860. The van der Waals surface area contributed by atoms with Crippen molar-refractivity contribution in [3.05, 3.63) is 64.1 Å². The third-order valence-corrected chi connectivity index (χ3v) is 5.19.